The third-order valence-electron chi connectivity index (χ3n) is 3.10. The van der Waals surface area contributed by atoms with E-state index in [-0.39, 0.29) is 12.1 Å². The van der Waals surface area contributed by atoms with Crippen LogP contribution in [-0.2, 0) is 17.9 Å². The second-order valence-electron chi connectivity index (χ2n) is 4.99. The van der Waals surface area contributed by atoms with Crippen LogP contribution in [0.4, 0.5) is 13.2 Å². The number of hydrogen-bond acceptors (Lipinski definition) is 3. The minimum absolute atomic E-state index is 0.181. The predicted octanol–water partition coefficient (Wildman–Crippen LogP) is 3.63. The summed E-state index contributed by atoms with van der Waals surface area (Å²) in [6.07, 6.45) is -3.14. The van der Waals surface area contributed by atoms with Crippen molar-refractivity contribution >= 4 is 5.91 Å². The van der Waals surface area contributed by atoms with Crippen molar-refractivity contribution in [1.82, 2.24) is 4.90 Å². The molecule has 1 amide bonds. The molecule has 0 bridgehead atoms. The van der Waals surface area contributed by atoms with Crippen molar-refractivity contribution in [1.29, 1.82) is 0 Å². The van der Waals surface area contributed by atoms with Crippen molar-refractivity contribution in [3.63, 3.8) is 0 Å². The largest absolute Gasteiger partial charge is 0.467 e. The van der Waals surface area contributed by atoms with E-state index < -0.39 is 18.6 Å². The molecule has 0 spiro atoms. The van der Waals surface area contributed by atoms with Crippen LogP contribution in [0.1, 0.15) is 21.7 Å². The molecule has 7 heteroatoms. The van der Waals surface area contributed by atoms with Crippen LogP contribution in [0, 0.1) is 0 Å². The van der Waals surface area contributed by atoms with Gasteiger partial charge in [0.2, 0.25) is 0 Å². The zero-order valence-electron chi connectivity index (χ0n) is 12.5. The average Bonchev–Trinajstić information content (AvgIpc) is 2.99. The Bertz CT molecular complexity index is 621. The molecule has 0 radical (unpaired) electrons. The molecule has 0 aliphatic heterocycles. The van der Waals surface area contributed by atoms with Gasteiger partial charge in [0, 0.05) is 12.7 Å². The highest BCUT2D eigenvalue weighted by Gasteiger charge is 2.33. The van der Waals surface area contributed by atoms with E-state index in [2.05, 4.69) is 0 Å². The Balaban J connectivity index is 2.17. The first kappa shape index (κ1) is 17.1. The predicted molar refractivity (Wildman–Crippen MR) is 76.7 cm³/mol. The molecule has 23 heavy (non-hydrogen) atoms. The van der Waals surface area contributed by atoms with Gasteiger partial charge in [0.15, 0.2) is 0 Å². The number of ether oxygens (including phenoxy) is 1. The molecule has 0 atom stereocenters. The number of rotatable bonds is 6. The Morgan fingerprint density at radius 1 is 1.22 bits per heavy atom. The summed E-state index contributed by atoms with van der Waals surface area (Å²) in [6.45, 7) is -1.22. The first-order valence-corrected chi connectivity index (χ1v) is 6.85. The third kappa shape index (κ3) is 5.14. The Hall–Kier alpha value is -2.28. The normalized spacial score (nSPS) is 11.5. The lowest BCUT2D eigenvalue weighted by Gasteiger charge is -2.23. The maximum atomic E-state index is 12.7. The maximum absolute atomic E-state index is 12.7. The fraction of sp³-hybridized carbons (Fsp3) is 0.312. The van der Waals surface area contributed by atoms with E-state index >= 15 is 0 Å². The average molecular weight is 327 g/mol. The van der Waals surface area contributed by atoms with Gasteiger partial charge in [-0.25, -0.2) is 0 Å². The number of halogens is 3. The van der Waals surface area contributed by atoms with Gasteiger partial charge in [-0.2, -0.15) is 13.2 Å². The standard InChI is InChI=1S/C16H16F3NO3/c1-22-10-12-4-6-13(7-5-12)15(21)20(11-16(17,18)19)9-14-3-2-8-23-14/h2-8H,9-11H2,1H3. The maximum Gasteiger partial charge on any atom is 0.406 e. The summed E-state index contributed by atoms with van der Waals surface area (Å²) in [5.74, 6) is -0.415. The first-order chi connectivity index (χ1) is 10.9. The van der Waals surface area contributed by atoms with Gasteiger partial charge >= 0.3 is 6.18 Å². The molecule has 4 nitrogen and oxygen atoms in total. The molecule has 2 rings (SSSR count). The summed E-state index contributed by atoms with van der Waals surface area (Å²) in [4.78, 5) is 13.1. The van der Waals surface area contributed by atoms with Crippen LogP contribution in [0.5, 0.6) is 0 Å². The van der Waals surface area contributed by atoms with Crippen LogP contribution in [0.15, 0.2) is 47.1 Å². The lowest BCUT2D eigenvalue weighted by molar-refractivity contribution is -0.142. The highest BCUT2D eigenvalue weighted by molar-refractivity contribution is 5.94. The monoisotopic (exact) mass is 327 g/mol. The quantitative estimate of drug-likeness (QED) is 0.814. The minimum atomic E-state index is -4.49. The zero-order valence-corrected chi connectivity index (χ0v) is 12.5. The highest BCUT2D eigenvalue weighted by Crippen LogP contribution is 2.20. The van der Waals surface area contributed by atoms with Gasteiger partial charge < -0.3 is 14.1 Å². The summed E-state index contributed by atoms with van der Waals surface area (Å²) in [7, 11) is 1.54. The second-order valence-corrected chi connectivity index (χ2v) is 4.99. The van der Waals surface area contributed by atoms with E-state index in [1.54, 1.807) is 18.2 Å². The fourth-order valence-electron chi connectivity index (χ4n) is 2.10. The number of methoxy groups -OCH3 is 1. The topological polar surface area (TPSA) is 42.7 Å². The number of nitrogens with zero attached hydrogens (tertiary/aromatic N) is 1. The van der Waals surface area contributed by atoms with Crippen molar-refractivity contribution < 1.29 is 27.1 Å². The molecular weight excluding hydrogens is 311 g/mol. The van der Waals surface area contributed by atoms with Gasteiger partial charge in [-0.05, 0) is 29.8 Å². The number of alkyl halides is 3. The molecule has 0 aliphatic rings. The number of benzene rings is 1. The Morgan fingerprint density at radius 3 is 2.43 bits per heavy atom. The summed E-state index contributed by atoms with van der Waals surface area (Å²) in [5.41, 5.74) is 1.01. The Morgan fingerprint density at radius 2 is 1.91 bits per heavy atom. The SMILES string of the molecule is COCc1ccc(C(=O)N(Cc2ccco2)CC(F)(F)F)cc1. The minimum Gasteiger partial charge on any atom is -0.467 e. The van der Waals surface area contributed by atoms with Gasteiger partial charge in [0.05, 0.1) is 19.4 Å². The lowest BCUT2D eigenvalue weighted by atomic mass is 10.1. The molecule has 0 unspecified atom stereocenters. The van der Waals surface area contributed by atoms with E-state index in [9.17, 15) is 18.0 Å². The molecule has 2 aromatic rings. The van der Waals surface area contributed by atoms with E-state index in [1.807, 2.05) is 0 Å². The molecule has 1 aromatic carbocycles. The zero-order chi connectivity index (χ0) is 16.9. The van der Waals surface area contributed by atoms with Crippen LogP contribution in [-0.4, -0.2) is 30.6 Å². The van der Waals surface area contributed by atoms with Gasteiger partial charge in [0.25, 0.3) is 5.91 Å². The smallest absolute Gasteiger partial charge is 0.406 e. The number of hydrogen-bond donors (Lipinski definition) is 0. The van der Waals surface area contributed by atoms with Gasteiger partial charge in [-0.1, -0.05) is 12.1 Å². The number of carbonyl (C=O) groups excluding carboxylic acids is 1. The lowest BCUT2D eigenvalue weighted by Crippen LogP contribution is -2.38. The number of amides is 1. The number of furan rings is 1. The second kappa shape index (κ2) is 7.32. The molecule has 0 N–H and O–H groups in total. The van der Waals surface area contributed by atoms with Gasteiger partial charge in [-0.3, -0.25) is 4.79 Å². The van der Waals surface area contributed by atoms with Gasteiger partial charge in [0.1, 0.15) is 12.3 Å². The van der Waals surface area contributed by atoms with E-state index in [1.165, 1.54) is 31.6 Å². The Kier molecular flexibility index (Phi) is 5.44. The van der Waals surface area contributed by atoms with E-state index in [0.29, 0.717) is 17.3 Å². The van der Waals surface area contributed by atoms with Crippen molar-refractivity contribution in [3.8, 4) is 0 Å². The molecule has 0 saturated carbocycles. The molecule has 124 valence electrons. The number of carbonyl (C=O) groups is 1. The van der Waals surface area contributed by atoms with Crippen LogP contribution in [0.25, 0.3) is 0 Å². The van der Waals surface area contributed by atoms with Crippen LogP contribution < -0.4 is 0 Å². The molecule has 1 aromatic heterocycles. The summed E-state index contributed by atoms with van der Waals surface area (Å²) >= 11 is 0. The molecule has 1 heterocycles. The van der Waals surface area contributed by atoms with Crippen LogP contribution >= 0.6 is 0 Å². The summed E-state index contributed by atoms with van der Waals surface area (Å²) in [5, 5.41) is 0. The summed E-state index contributed by atoms with van der Waals surface area (Å²) in [6, 6.07) is 9.36. The van der Waals surface area contributed by atoms with Crippen molar-refractivity contribution in [2.24, 2.45) is 0 Å². The molecular formula is C16H16F3NO3. The van der Waals surface area contributed by atoms with Crippen molar-refractivity contribution in [3.05, 3.63) is 59.5 Å². The van der Waals surface area contributed by atoms with Crippen molar-refractivity contribution in [2.75, 3.05) is 13.7 Å². The van der Waals surface area contributed by atoms with Crippen LogP contribution in [0.2, 0.25) is 0 Å². The molecule has 0 fully saturated rings. The molecule has 0 saturated heterocycles. The third-order valence-corrected chi connectivity index (χ3v) is 3.10. The summed E-state index contributed by atoms with van der Waals surface area (Å²) < 4.78 is 48.2. The van der Waals surface area contributed by atoms with Gasteiger partial charge in [-0.15, -0.1) is 0 Å². The first-order valence-electron chi connectivity index (χ1n) is 6.85. The Labute approximate surface area is 131 Å². The van der Waals surface area contributed by atoms with E-state index in [0.717, 1.165) is 5.56 Å². The van der Waals surface area contributed by atoms with Crippen molar-refractivity contribution in [2.45, 2.75) is 19.3 Å². The highest BCUT2D eigenvalue weighted by atomic mass is 19.4. The fourth-order valence-corrected chi connectivity index (χ4v) is 2.10. The van der Waals surface area contributed by atoms with E-state index in [4.69, 9.17) is 9.15 Å². The van der Waals surface area contributed by atoms with Crippen LogP contribution in [0.3, 0.4) is 0 Å². The molecule has 0 aliphatic carbocycles.